The highest BCUT2D eigenvalue weighted by Gasteiger charge is 2.18. The van der Waals surface area contributed by atoms with Gasteiger partial charge in [-0.15, -0.1) is 5.10 Å². The Balaban J connectivity index is 1.40. The third kappa shape index (κ3) is 4.17. The molecule has 2 aromatic carbocycles. The molecule has 2 heterocycles. The van der Waals surface area contributed by atoms with Crippen molar-refractivity contribution in [2.75, 3.05) is 26.3 Å². The molecule has 27 heavy (non-hydrogen) atoms. The Labute approximate surface area is 161 Å². The topological polar surface area (TPSA) is 73.1 Å². The number of hydrogen-bond acceptors (Lipinski definition) is 6. The zero-order valence-electron chi connectivity index (χ0n) is 14.7. The Morgan fingerprint density at radius 2 is 1.78 bits per heavy atom. The molecule has 138 valence electrons. The minimum Gasteiger partial charge on any atom is -0.378 e. The van der Waals surface area contributed by atoms with Gasteiger partial charge in [0, 0.05) is 24.4 Å². The van der Waals surface area contributed by atoms with Crippen molar-refractivity contribution in [2.24, 2.45) is 0 Å². The average molecular weight is 381 g/mol. The van der Waals surface area contributed by atoms with E-state index in [0.717, 1.165) is 22.2 Å². The Bertz CT molecular complexity index is 892. The summed E-state index contributed by atoms with van der Waals surface area (Å²) in [6, 6.07) is 17.5. The molecule has 1 aliphatic rings. The molecule has 0 spiro atoms. The normalized spacial score (nSPS) is 14.3. The van der Waals surface area contributed by atoms with Crippen molar-refractivity contribution in [3.8, 4) is 5.69 Å². The number of carbonyl (C=O) groups is 1. The van der Waals surface area contributed by atoms with E-state index >= 15 is 0 Å². The third-order valence-corrected chi connectivity index (χ3v) is 5.30. The molecular formula is C19H19N5O2S. The molecule has 0 saturated carbocycles. The van der Waals surface area contributed by atoms with Crippen molar-refractivity contribution in [1.82, 2.24) is 25.1 Å². The van der Waals surface area contributed by atoms with E-state index in [1.807, 2.05) is 59.5 Å². The number of carbonyl (C=O) groups excluding carboxylic acids is 1. The molecule has 0 unspecified atom stereocenters. The smallest absolute Gasteiger partial charge is 0.254 e. The summed E-state index contributed by atoms with van der Waals surface area (Å²) in [6.07, 6.45) is 0. The van der Waals surface area contributed by atoms with Crippen molar-refractivity contribution in [2.45, 2.75) is 10.9 Å². The maximum absolute atomic E-state index is 12.5. The minimum atomic E-state index is 0.0607. The number of tetrazole rings is 1. The van der Waals surface area contributed by atoms with Crippen LogP contribution in [0.3, 0.4) is 0 Å². The number of rotatable bonds is 5. The van der Waals surface area contributed by atoms with Crippen molar-refractivity contribution in [3.63, 3.8) is 0 Å². The number of nitrogens with zero attached hydrogens (tertiary/aromatic N) is 5. The molecule has 4 rings (SSSR count). The van der Waals surface area contributed by atoms with Crippen LogP contribution in [-0.2, 0) is 10.5 Å². The molecule has 1 amide bonds. The second kappa shape index (κ2) is 8.32. The van der Waals surface area contributed by atoms with Gasteiger partial charge in [0.2, 0.25) is 5.16 Å². The molecule has 0 radical (unpaired) electrons. The number of para-hydroxylation sites is 1. The number of hydrogen-bond donors (Lipinski definition) is 0. The van der Waals surface area contributed by atoms with E-state index in [4.69, 9.17) is 4.74 Å². The van der Waals surface area contributed by atoms with Crippen LogP contribution in [0.4, 0.5) is 0 Å². The molecule has 0 N–H and O–H groups in total. The molecule has 1 aromatic heterocycles. The van der Waals surface area contributed by atoms with Crippen molar-refractivity contribution >= 4 is 17.7 Å². The summed E-state index contributed by atoms with van der Waals surface area (Å²) in [5.74, 6) is 0.782. The van der Waals surface area contributed by atoms with Crippen LogP contribution >= 0.6 is 11.8 Å². The van der Waals surface area contributed by atoms with Gasteiger partial charge in [0.05, 0.1) is 18.9 Å². The highest BCUT2D eigenvalue weighted by Crippen LogP contribution is 2.22. The lowest BCUT2D eigenvalue weighted by Gasteiger charge is -2.26. The van der Waals surface area contributed by atoms with Crippen LogP contribution < -0.4 is 0 Å². The predicted octanol–water partition coefficient (Wildman–Crippen LogP) is 2.43. The number of aromatic nitrogens is 4. The number of ether oxygens (including phenoxy) is 1. The first-order valence-corrected chi connectivity index (χ1v) is 9.72. The van der Waals surface area contributed by atoms with Crippen LogP contribution in [0.25, 0.3) is 5.69 Å². The lowest BCUT2D eigenvalue weighted by atomic mass is 10.1. The first kappa shape index (κ1) is 17.7. The number of morpholine rings is 1. The molecule has 1 aliphatic heterocycles. The van der Waals surface area contributed by atoms with Gasteiger partial charge in [-0.2, -0.15) is 4.68 Å². The van der Waals surface area contributed by atoms with Crippen molar-refractivity contribution in [3.05, 3.63) is 65.7 Å². The lowest BCUT2D eigenvalue weighted by molar-refractivity contribution is 0.0303. The first-order valence-electron chi connectivity index (χ1n) is 8.74. The van der Waals surface area contributed by atoms with E-state index in [1.54, 1.807) is 16.4 Å². The van der Waals surface area contributed by atoms with Gasteiger partial charge in [-0.1, -0.05) is 42.1 Å². The number of thioether (sulfide) groups is 1. The molecule has 1 fully saturated rings. The fraction of sp³-hybridized carbons (Fsp3) is 0.263. The van der Waals surface area contributed by atoms with E-state index in [-0.39, 0.29) is 5.91 Å². The van der Waals surface area contributed by atoms with E-state index in [0.29, 0.717) is 31.9 Å². The summed E-state index contributed by atoms with van der Waals surface area (Å²) in [5, 5.41) is 12.7. The van der Waals surface area contributed by atoms with Crippen LogP contribution in [0.2, 0.25) is 0 Å². The van der Waals surface area contributed by atoms with Gasteiger partial charge in [0.1, 0.15) is 0 Å². The lowest BCUT2D eigenvalue weighted by Crippen LogP contribution is -2.40. The molecule has 0 bridgehead atoms. The maximum Gasteiger partial charge on any atom is 0.254 e. The van der Waals surface area contributed by atoms with Gasteiger partial charge >= 0.3 is 0 Å². The SMILES string of the molecule is O=C(c1ccc(CSc2nnnn2-c2ccccc2)cc1)N1CCOCC1. The second-order valence-corrected chi connectivity index (χ2v) is 7.04. The van der Waals surface area contributed by atoms with Gasteiger partial charge in [-0.05, 0) is 40.3 Å². The van der Waals surface area contributed by atoms with Gasteiger partial charge < -0.3 is 9.64 Å². The zero-order chi connectivity index (χ0) is 18.5. The molecular weight excluding hydrogens is 362 g/mol. The van der Waals surface area contributed by atoms with Gasteiger partial charge in [0.15, 0.2) is 0 Å². The summed E-state index contributed by atoms with van der Waals surface area (Å²) < 4.78 is 7.02. The van der Waals surface area contributed by atoms with Crippen LogP contribution in [-0.4, -0.2) is 57.3 Å². The summed E-state index contributed by atoms with van der Waals surface area (Å²) in [5.41, 5.74) is 2.75. The molecule has 7 nitrogen and oxygen atoms in total. The summed E-state index contributed by atoms with van der Waals surface area (Å²) in [6.45, 7) is 2.52. The minimum absolute atomic E-state index is 0.0607. The summed E-state index contributed by atoms with van der Waals surface area (Å²) in [7, 11) is 0. The van der Waals surface area contributed by atoms with Crippen molar-refractivity contribution < 1.29 is 9.53 Å². The summed E-state index contributed by atoms with van der Waals surface area (Å²) >= 11 is 1.56. The molecule has 1 saturated heterocycles. The Morgan fingerprint density at radius 1 is 1.04 bits per heavy atom. The van der Waals surface area contributed by atoms with Gasteiger partial charge in [-0.25, -0.2) is 0 Å². The molecule has 3 aromatic rings. The first-order chi connectivity index (χ1) is 13.3. The second-order valence-electron chi connectivity index (χ2n) is 6.10. The fourth-order valence-electron chi connectivity index (χ4n) is 2.84. The Hall–Kier alpha value is -2.71. The summed E-state index contributed by atoms with van der Waals surface area (Å²) in [4.78, 5) is 14.3. The Kier molecular flexibility index (Phi) is 5.45. The average Bonchev–Trinajstić information content (AvgIpc) is 3.22. The van der Waals surface area contributed by atoms with E-state index in [1.165, 1.54) is 0 Å². The van der Waals surface area contributed by atoms with Crippen LogP contribution in [0.1, 0.15) is 15.9 Å². The number of benzene rings is 2. The highest BCUT2D eigenvalue weighted by atomic mass is 32.2. The van der Waals surface area contributed by atoms with Crippen LogP contribution in [0, 0.1) is 0 Å². The highest BCUT2D eigenvalue weighted by molar-refractivity contribution is 7.98. The standard InChI is InChI=1S/C19H19N5O2S/c25-18(23-10-12-26-13-11-23)16-8-6-15(7-9-16)14-27-19-20-21-22-24(19)17-4-2-1-3-5-17/h1-9H,10-14H2. The van der Waals surface area contributed by atoms with E-state index in [2.05, 4.69) is 15.5 Å². The fourth-order valence-corrected chi connectivity index (χ4v) is 3.69. The maximum atomic E-state index is 12.5. The molecule has 0 aliphatic carbocycles. The number of amides is 1. The van der Waals surface area contributed by atoms with Crippen molar-refractivity contribution in [1.29, 1.82) is 0 Å². The van der Waals surface area contributed by atoms with E-state index in [9.17, 15) is 4.79 Å². The monoisotopic (exact) mass is 381 g/mol. The van der Waals surface area contributed by atoms with E-state index < -0.39 is 0 Å². The quantitative estimate of drug-likeness (QED) is 0.632. The molecule has 8 heteroatoms. The molecule has 0 atom stereocenters. The zero-order valence-corrected chi connectivity index (χ0v) is 15.5. The predicted molar refractivity (Wildman–Crippen MR) is 102 cm³/mol. The third-order valence-electron chi connectivity index (χ3n) is 4.31. The van der Waals surface area contributed by atoms with Gasteiger partial charge in [0.25, 0.3) is 5.91 Å². The largest absolute Gasteiger partial charge is 0.378 e. The van der Waals surface area contributed by atoms with Crippen LogP contribution in [0.5, 0.6) is 0 Å². The van der Waals surface area contributed by atoms with Gasteiger partial charge in [-0.3, -0.25) is 4.79 Å². The van der Waals surface area contributed by atoms with Crippen LogP contribution in [0.15, 0.2) is 59.8 Å². The Morgan fingerprint density at radius 3 is 2.52 bits per heavy atom.